The largest absolute Gasteiger partial charge is 0.490 e. The van der Waals surface area contributed by atoms with Gasteiger partial charge in [0.1, 0.15) is 17.0 Å². The zero-order chi connectivity index (χ0) is 23.3. The van der Waals surface area contributed by atoms with Gasteiger partial charge in [0, 0.05) is 24.1 Å². The number of H-pyrrole nitrogens is 1. The van der Waals surface area contributed by atoms with Crippen LogP contribution in [0.25, 0.3) is 11.2 Å². The quantitative estimate of drug-likeness (QED) is 0.259. The molecule has 1 unspecified atom stereocenters. The summed E-state index contributed by atoms with van der Waals surface area (Å²) in [6.07, 6.45) is 0.350. The van der Waals surface area contributed by atoms with Gasteiger partial charge in [-0.15, -0.1) is 0 Å². The van der Waals surface area contributed by atoms with E-state index >= 15 is 0 Å². The van der Waals surface area contributed by atoms with E-state index in [0.717, 1.165) is 18.2 Å². The van der Waals surface area contributed by atoms with Gasteiger partial charge in [0.2, 0.25) is 5.95 Å². The molecule has 1 aliphatic rings. The predicted molar refractivity (Wildman–Crippen MR) is 114 cm³/mol. The van der Waals surface area contributed by atoms with Crippen LogP contribution in [0.5, 0.6) is 5.75 Å². The molecule has 3 heterocycles. The first kappa shape index (κ1) is 20.8. The maximum Gasteiger partial charge on any atom is 0.328 e. The van der Waals surface area contributed by atoms with Gasteiger partial charge in [0.25, 0.3) is 5.69 Å². The Morgan fingerprint density at radius 2 is 2.09 bits per heavy atom. The summed E-state index contributed by atoms with van der Waals surface area (Å²) in [5, 5.41) is 13.8. The SMILES string of the molecule is O=c1[nH]c2c(Cl)nc(Nc3cc(F)ccc3[N+](=O)[O-])nc2n1C1CCOc2c(F)cccc21. The molecule has 2 aromatic heterocycles. The van der Waals surface area contributed by atoms with E-state index in [1.54, 1.807) is 6.07 Å². The van der Waals surface area contributed by atoms with Gasteiger partial charge >= 0.3 is 5.69 Å². The Morgan fingerprint density at radius 3 is 2.88 bits per heavy atom. The molecule has 0 saturated heterocycles. The second kappa shape index (κ2) is 7.81. The summed E-state index contributed by atoms with van der Waals surface area (Å²) in [5.74, 6) is -1.42. The van der Waals surface area contributed by atoms with Crippen LogP contribution >= 0.6 is 11.6 Å². The van der Waals surface area contributed by atoms with Crippen LogP contribution in [0.1, 0.15) is 18.0 Å². The summed E-state index contributed by atoms with van der Waals surface area (Å²) in [5.41, 5.74) is -0.490. The van der Waals surface area contributed by atoms with Crippen LogP contribution in [-0.2, 0) is 0 Å². The Balaban J connectivity index is 1.65. The molecule has 4 aromatic rings. The van der Waals surface area contributed by atoms with Crippen molar-refractivity contribution in [3.8, 4) is 5.75 Å². The highest BCUT2D eigenvalue weighted by Crippen LogP contribution is 2.37. The molecule has 0 amide bonds. The van der Waals surface area contributed by atoms with Crippen molar-refractivity contribution in [2.75, 3.05) is 11.9 Å². The van der Waals surface area contributed by atoms with Crippen LogP contribution in [0.2, 0.25) is 5.15 Å². The maximum atomic E-state index is 14.2. The molecule has 0 spiro atoms. The van der Waals surface area contributed by atoms with Crippen molar-refractivity contribution >= 4 is 40.1 Å². The molecule has 2 aromatic carbocycles. The number of hydrogen-bond acceptors (Lipinski definition) is 7. The standard InChI is InChI=1S/C20H13ClF2N6O4/c21-17-15-18(27-19(26-17)24-12-8-9(22)4-5-14(12)29(31)32)28(20(30)25-15)13-6-7-33-16-10(13)2-1-3-11(16)23/h1-5,8,13H,6-7H2,(H,25,30)(H,24,26,27). The number of nitrogens with one attached hydrogen (secondary N) is 2. The topological polar surface area (TPSA) is 128 Å². The van der Waals surface area contributed by atoms with Gasteiger partial charge in [0.05, 0.1) is 17.6 Å². The van der Waals surface area contributed by atoms with Crippen LogP contribution in [0.15, 0.2) is 41.2 Å². The number of fused-ring (bicyclic) bond motifs is 2. The first-order valence-electron chi connectivity index (χ1n) is 9.63. The normalized spacial score (nSPS) is 15.2. The molecule has 1 atom stereocenters. The van der Waals surface area contributed by atoms with Crippen LogP contribution in [0.4, 0.5) is 26.1 Å². The zero-order valence-electron chi connectivity index (χ0n) is 16.5. The van der Waals surface area contributed by atoms with Crippen LogP contribution < -0.4 is 15.7 Å². The number of nitrogens with zero attached hydrogens (tertiary/aromatic N) is 4. The highest BCUT2D eigenvalue weighted by atomic mass is 35.5. The number of imidazole rings is 1. The number of nitro groups is 1. The van der Waals surface area contributed by atoms with E-state index in [4.69, 9.17) is 16.3 Å². The fourth-order valence-corrected chi connectivity index (χ4v) is 4.05. The molecule has 168 valence electrons. The number of nitro benzene ring substituents is 1. The number of aromatic nitrogens is 4. The van der Waals surface area contributed by atoms with Gasteiger partial charge in [-0.1, -0.05) is 23.7 Å². The Bertz CT molecular complexity index is 1490. The van der Waals surface area contributed by atoms with Crippen LogP contribution in [-0.4, -0.2) is 31.0 Å². The second-order valence-corrected chi connectivity index (χ2v) is 7.55. The molecule has 0 bridgehead atoms. The number of halogens is 3. The van der Waals surface area contributed by atoms with Crippen LogP contribution in [0, 0.1) is 21.7 Å². The molecule has 0 saturated carbocycles. The highest BCUT2D eigenvalue weighted by Gasteiger charge is 2.29. The smallest absolute Gasteiger partial charge is 0.328 e. The van der Waals surface area contributed by atoms with E-state index in [9.17, 15) is 23.7 Å². The third-order valence-electron chi connectivity index (χ3n) is 5.23. The lowest BCUT2D eigenvalue weighted by Gasteiger charge is -2.26. The van der Waals surface area contributed by atoms with Gasteiger partial charge in [-0.05, 0) is 12.1 Å². The molecule has 10 nitrogen and oxygen atoms in total. The number of anilines is 2. The van der Waals surface area contributed by atoms with Gasteiger partial charge in [0.15, 0.2) is 22.4 Å². The molecule has 0 aliphatic carbocycles. The average Bonchev–Trinajstić information content (AvgIpc) is 3.10. The molecule has 0 fully saturated rings. The zero-order valence-corrected chi connectivity index (χ0v) is 17.3. The van der Waals surface area contributed by atoms with Gasteiger partial charge in [-0.25, -0.2) is 13.6 Å². The van der Waals surface area contributed by atoms with Crippen molar-refractivity contribution < 1.29 is 18.4 Å². The second-order valence-electron chi connectivity index (χ2n) is 7.19. The first-order chi connectivity index (χ1) is 15.8. The third kappa shape index (κ3) is 3.53. The van der Waals surface area contributed by atoms with Gasteiger partial charge in [-0.2, -0.15) is 9.97 Å². The van der Waals surface area contributed by atoms with Crippen molar-refractivity contribution in [2.45, 2.75) is 12.5 Å². The summed E-state index contributed by atoms with van der Waals surface area (Å²) in [6.45, 7) is 0.164. The number of hydrogen-bond donors (Lipinski definition) is 2. The lowest BCUT2D eigenvalue weighted by Crippen LogP contribution is -2.28. The fraction of sp³-hybridized carbons (Fsp3) is 0.150. The lowest BCUT2D eigenvalue weighted by molar-refractivity contribution is -0.384. The number of ether oxygens (including phenoxy) is 1. The minimum absolute atomic E-state index is 0.0453. The van der Waals surface area contributed by atoms with E-state index in [-0.39, 0.29) is 40.3 Å². The summed E-state index contributed by atoms with van der Waals surface area (Å²) >= 11 is 6.24. The van der Waals surface area contributed by atoms with E-state index < -0.39 is 34.0 Å². The highest BCUT2D eigenvalue weighted by molar-refractivity contribution is 6.33. The minimum Gasteiger partial charge on any atom is -0.490 e. The summed E-state index contributed by atoms with van der Waals surface area (Å²) in [7, 11) is 0. The van der Waals surface area contributed by atoms with E-state index in [1.807, 2.05) is 0 Å². The molecular formula is C20H13ClF2N6O4. The van der Waals surface area contributed by atoms with Gasteiger partial charge in [-0.3, -0.25) is 14.7 Å². The number of rotatable bonds is 4. The number of benzene rings is 2. The predicted octanol–water partition coefficient (Wildman–Crippen LogP) is 4.07. The molecule has 33 heavy (non-hydrogen) atoms. The van der Waals surface area contributed by atoms with Crippen molar-refractivity contribution in [3.05, 3.63) is 79.3 Å². The molecule has 5 rings (SSSR count). The van der Waals surface area contributed by atoms with Crippen molar-refractivity contribution in [3.63, 3.8) is 0 Å². The molecule has 2 N–H and O–H groups in total. The molecule has 1 aliphatic heterocycles. The first-order valence-corrected chi connectivity index (χ1v) is 10.0. The minimum atomic E-state index is -0.713. The fourth-order valence-electron chi connectivity index (χ4n) is 3.84. The molecular weight excluding hydrogens is 462 g/mol. The summed E-state index contributed by atoms with van der Waals surface area (Å²) in [4.78, 5) is 34.3. The number of para-hydroxylation sites is 1. The Morgan fingerprint density at radius 1 is 1.27 bits per heavy atom. The van der Waals surface area contributed by atoms with E-state index in [2.05, 4.69) is 20.3 Å². The average molecular weight is 475 g/mol. The van der Waals surface area contributed by atoms with E-state index in [0.29, 0.717) is 12.0 Å². The Labute approximate surface area is 188 Å². The van der Waals surface area contributed by atoms with Crippen molar-refractivity contribution in [2.24, 2.45) is 0 Å². The Kier molecular flexibility index (Phi) is 4.93. The lowest BCUT2D eigenvalue weighted by atomic mass is 10.00. The summed E-state index contributed by atoms with van der Waals surface area (Å²) < 4.78 is 34.7. The molecule has 13 heteroatoms. The Hall–Kier alpha value is -4.06. The number of aromatic amines is 1. The third-order valence-corrected chi connectivity index (χ3v) is 5.51. The van der Waals surface area contributed by atoms with Crippen molar-refractivity contribution in [1.82, 2.24) is 19.5 Å². The molecule has 0 radical (unpaired) electrons. The summed E-state index contributed by atoms with van der Waals surface area (Å²) in [6, 6.07) is 6.66. The van der Waals surface area contributed by atoms with Crippen LogP contribution in [0.3, 0.4) is 0 Å². The monoisotopic (exact) mass is 474 g/mol. The van der Waals surface area contributed by atoms with Crippen molar-refractivity contribution in [1.29, 1.82) is 0 Å². The maximum absolute atomic E-state index is 14.2. The van der Waals surface area contributed by atoms with Gasteiger partial charge < -0.3 is 15.0 Å². The van der Waals surface area contributed by atoms with E-state index in [1.165, 1.54) is 16.7 Å².